The molecule has 2 heterocycles. The number of halogens is 1. The van der Waals surface area contributed by atoms with E-state index in [9.17, 15) is 0 Å². The molecule has 0 aliphatic rings. The number of rotatable bonds is 2. The van der Waals surface area contributed by atoms with E-state index in [1.165, 1.54) is 0 Å². The Balaban J connectivity index is 2.52. The molecule has 0 amide bonds. The first-order valence-electron chi connectivity index (χ1n) is 4.75. The van der Waals surface area contributed by atoms with Crippen LogP contribution in [-0.2, 0) is 5.33 Å². The standard InChI is InChI=1S/C12H11BrN2/c1-9-5-6-10(8-13)15-12(9)11-4-2-3-7-14-11/h2-7H,8H2,1H3. The molecule has 0 spiro atoms. The fraction of sp³-hybridized carbons (Fsp3) is 0.167. The Bertz CT molecular complexity index is 454. The van der Waals surface area contributed by atoms with Crippen molar-refractivity contribution in [3.05, 3.63) is 47.8 Å². The van der Waals surface area contributed by atoms with Crippen molar-refractivity contribution in [3.8, 4) is 11.4 Å². The predicted octanol–water partition coefficient (Wildman–Crippen LogP) is 3.35. The fourth-order valence-corrected chi connectivity index (χ4v) is 1.72. The van der Waals surface area contributed by atoms with Crippen molar-refractivity contribution in [2.45, 2.75) is 12.3 Å². The zero-order chi connectivity index (χ0) is 10.7. The van der Waals surface area contributed by atoms with Gasteiger partial charge < -0.3 is 0 Å². The minimum atomic E-state index is 0.771. The van der Waals surface area contributed by atoms with E-state index in [4.69, 9.17) is 0 Å². The van der Waals surface area contributed by atoms with Crippen LogP contribution in [0.2, 0.25) is 0 Å². The maximum absolute atomic E-state index is 4.55. The molecule has 0 radical (unpaired) electrons. The molecule has 0 fully saturated rings. The summed E-state index contributed by atoms with van der Waals surface area (Å²) in [5, 5.41) is 0.771. The summed E-state index contributed by atoms with van der Waals surface area (Å²) < 4.78 is 0. The van der Waals surface area contributed by atoms with Crippen molar-refractivity contribution < 1.29 is 0 Å². The van der Waals surface area contributed by atoms with Gasteiger partial charge in [-0.1, -0.05) is 28.1 Å². The first kappa shape index (κ1) is 10.3. The monoisotopic (exact) mass is 262 g/mol. The first-order chi connectivity index (χ1) is 7.31. The SMILES string of the molecule is Cc1ccc(CBr)nc1-c1ccccn1. The van der Waals surface area contributed by atoms with Crippen molar-refractivity contribution in [2.75, 3.05) is 0 Å². The average Bonchev–Trinajstić information content (AvgIpc) is 2.31. The highest BCUT2D eigenvalue weighted by molar-refractivity contribution is 9.08. The van der Waals surface area contributed by atoms with Crippen LogP contribution in [0.4, 0.5) is 0 Å². The van der Waals surface area contributed by atoms with Crippen molar-refractivity contribution in [1.82, 2.24) is 9.97 Å². The molecule has 0 saturated heterocycles. The second kappa shape index (κ2) is 4.53. The van der Waals surface area contributed by atoms with Crippen LogP contribution in [0.1, 0.15) is 11.3 Å². The maximum Gasteiger partial charge on any atom is 0.0918 e. The van der Waals surface area contributed by atoms with Gasteiger partial charge in [0.25, 0.3) is 0 Å². The summed E-state index contributed by atoms with van der Waals surface area (Å²) in [6.45, 7) is 2.05. The molecule has 0 unspecified atom stereocenters. The molecule has 2 nitrogen and oxygen atoms in total. The van der Waals surface area contributed by atoms with E-state index in [1.54, 1.807) is 6.20 Å². The second-order valence-electron chi connectivity index (χ2n) is 3.32. The van der Waals surface area contributed by atoms with Gasteiger partial charge in [-0.15, -0.1) is 0 Å². The van der Waals surface area contributed by atoms with Crippen molar-refractivity contribution >= 4 is 15.9 Å². The van der Waals surface area contributed by atoms with Crippen LogP contribution < -0.4 is 0 Å². The van der Waals surface area contributed by atoms with Crippen LogP contribution >= 0.6 is 15.9 Å². The highest BCUT2D eigenvalue weighted by atomic mass is 79.9. The number of hydrogen-bond acceptors (Lipinski definition) is 2. The molecule has 15 heavy (non-hydrogen) atoms. The Morgan fingerprint density at radius 2 is 2.07 bits per heavy atom. The van der Waals surface area contributed by atoms with E-state index in [0.717, 1.165) is 28.0 Å². The molecule has 0 bridgehead atoms. The number of aromatic nitrogens is 2. The molecule has 76 valence electrons. The van der Waals surface area contributed by atoms with Crippen LogP contribution in [0.25, 0.3) is 11.4 Å². The molecule has 2 aromatic heterocycles. The molecule has 0 aliphatic carbocycles. The Morgan fingerprint density at radius 3 is 2.73 bits per heavy atom. The molecule has 3 heteroatoms. The molecule has 0 N–H and O–H groups in total. The van der Waals surface area contributed by atoms with Crippen LogP contribution in [0.5, 0.6) is 0 Å². The van der Waals surface area contributed by atoms with Gasteiger partial charge in [-0.3, -0.25) is 9.97 Å². The van der Waals surface area contributed by atoms with Gasteiger partial charge in [-0.05, 0) is 30.7 Å². The lowest BCUT2D eigenvalue weighted by Crippen LogP contribution is -1.94. The van der Waals surface area contributed by atoms with Gasteiger partial charge in [0.05, 0.1) is 17.1 Å². The van der Waals surface area contributed by atoms with Gasteiger partial charge in [0.2, 0.25) is 0 Å². The summed E-state index contributed by atoms with van der Waals surface area (Å²) in [5.74, 6) is 0. The molecule has 2 aromatic rings. The molecule has 0 aliphatic heterocycles. The zero-order valence-corrected chi connectivity index (χ0v) is 10.0. The predicted molar refractivity (Wildman–Crippen MR) is 64.8 cm³/mol. The highest BCUT2D eigenvalue weighted by Gasteiger charge is 2.05. The van der Waals surface area contributed by atoms with Gasteiger partial charge in [0.15, 0.2) is 0 Å². The Morgan fingerprint density at radius 1 is 1.20 bits per heavy atom. The molecule has 0 atom stereocenters. The Hall–Kier alpha value is -1.22. The van der Waals surface area contributed by atoms with E-state index in [2.05, 4.69) is 38.9 Å². The first-order valence-corrected chi connectivity index (χ1v) is 5.87. The zero-order valence-electron chi connectivity index (χ0n) is 8.44. The number of pyridine rings is 2. The molecule has 0 saturated carbocycles. The number of nitrogens with zero attached hydrogens (tertiary/aromatic N) is 2. The molecule has 0 aromatic carbocycles. The van der Waals surface area contributed by atoms with E-state index in [-0.39, 0.29) is 0 Å². The van der Waals surface area contributed by atoms with Crippen LogP contribution in [-0.4, -0.2) is 9.97 Å². The summed E-state index contributed by atoms with van der Waals surface area (Å²) in [4.78, 5) is 8.86. The summed E-state index contributed by atoms with van der Waals surface area (Å²) in [6, 6.07) is 9.97. The van der Waals surface area contributed by atoms with Crippen molar-refractivity contribution in [2.24, 2.45) is 0 Å². The van der Waals surface area contributed by atoms with E-state index >= 15 is 0 Å². The minimum absolute atomic E-state index is 0.771. The van der Waals surface area contributed by atoms with E-state index < -0.39 is 0 Å². The van der Waals surface area contributed by atoms with Gasteiger partial charge >= 0.3 is 0 Å². The third-order valence-electron chi connectivity index (χ3n) is 2.20. The average molecular weight is 263 g/mol. The van der Waals surface area contributed by atoms with Crippen molar-refractivity contribution in [3.63, 3.8) is 0 Å². The molecular weight excluding hydrogens is 252 g/mol. The van der Waals surface area contributed by atoms with Gasteiger partial charge in [0, 0.05) is 11.5 Å². The minimum Gasteiger partial charge on any atom is -0.255 e. The normalized spacial score (nSPS) is 10.3. The van der Waals surface area contributed by atoms with Crippen LogP contribution in [0, 0.1) is 6.92 Å². The van der Waals surface area contributed by atoms with Crippen LogP contribution in [0.15, 0.2) is 36.5 Å². The van der Waals surface area contributed by atoms with Gasteiger partial charge in [0.1, 0.15) is 0 Å². The number of hydrogen-bond donors (Lipinski definition) is 0. The molecule has 2 rings (SSSR count). The van der Waals surface area contributed by atoms with Crippen LogP contribution in [0.3, 0.4) is 0 Å². The fourth-order valence-electron chi connectivity index (χ4n) is 1.41. The number of alkyl halides is 1. The lowest BCUT2D eigenvalue weighted by Gasteiger charge is -2.05. The third kappa shape index (κ3) is 2.23. The topological polar surface area (TPSA) is 25.8 Å². The molecular formula is C12H11BrN2. The quantitative estimate of drug-likeness (QED) is 0.776. The summed E-state index contributed by atoms with van der Waals surface area (Å²) in [6.07, 6.45) is 1.79. The summed E-state index contributed by atoms with van der Waals surface area (Å²) >= 11 is 3.41. The lowest BCUT2D eigenvalue weighted by atomic mass is 10.1. The largest absolute Gasteiger partial charge is 0.255 e. The lowest BCUT2D eigenvalue weighted by molar-refractivity contribution is 1.14. The second-order valence-corrected chi connectivity index (χ2v) is 3.88. The van der Waals surface area contributed by atoms with E-state index in [0.29, 0.717) is 0 Å². The highest BCUT2D eigenvalue weighted by Crippen LogP contribution is 2.19. The number of aryl methyl sites for hydroxylation is 1. The summed E-state index contributed by atoms with van der Waals surface area (Å²) in [5.41, 5.74) is 4.07. The smallest absolute Gasteiger partial charge is 0.0918 e. The van der Waals surface area contributed by atoms with E-state index in [1.807, 2.05) is 24.3 Å². The summed E-state index contributed by atoms with van der Waals surface area (Å²) in [7, 11) is 0. The Kier molecular flexibility index (Phi) is 3.11. The van der Waals surface area contributed by atoms with Gasteiger partial charge in [-0.2, -0.15) is 0 Å². The van der Waals surface area contributed by atoms with Crippen molar-refractivity contribution in [1.29, 1.82) is 0 Å². The Labute approximate surface area is 97.5 Å². The van der Waals surface area contributed by atoms with Gasteiger partial charge in [-0.25, -0.2) is 0 Å². The third-order valence-corrected chi connectivity index (χ3v) is 2.77. The maximum atomic E-state index is 4.55.